The van der Waals surface area contributed by atoms with E-state index in [1.54, 1.807) is 25.1 Å². The monoisotopic (exact) mass is 366 g/mol. The van der Waals surface area contributed by atoms with Crippen LogP contribution in [0.2, 0.25) is 0 Å². The third-order valence-electron chi connectivity index (χ3n) is 4.42. The van der Waals surface area contributed by atoms with Crippen molar-refractivity contribution in [1.29, 1.82) is 10.5 Å². The molecule has 1 aliphatic carbocycles. The highest BCUT2D eigenvalue weighted by molar-refractivity contribution is 5.98. The summed E-state index contributed by atoms with van der Waals surface area (Å²) in [6.07, 6.45) is 3.18. The number of anilines is 1. The summed E-state index contributed by atoms with van der Waals surface area (Å²) in [5.74, 6) is -1.32. The molecule has 1 aliphatic rings. The van der Waals surface area contributed by atoms with Crippen molar-refractivity contribution in [3.05, 3.63) is 35.4 Å². The first-order valence-corrected chi connectivity index (χ1v) is 8.57. The molecule has 7 heteroatoms. The first-order valence-electron chi connectivity index (χ1n) is 8.57. The molecule has 2 rings (SSSR count). The predicted octanol–water partition coefficient (Wildman–Crippen LogP) is 2.01. The highest BCUT2D eigenvalue weighted by Crippen LogP contribution is 2.39. The Kier molecular flexibility index (Phi) is 6.20. The van der Waals surface area contributed by atoms with Gasteiger partial charge in [0.25, 0.3) is 5.91 Å². The number of rotatable bonds is 7. The van der Waals surface area contributed by atoms with Crippen LogP contribution >= 0.6 is 0 Å². The fraction of sp³-hybridized carbons (Fsp3) is 0.400. The first kappa shape index (κ1) is 20.0. The number of benzene rings is 1. The van der Waals surface area contributed by atoms with Crippen LogP contribution in [0.5, 0.6) is 0 Å². The average Bonchev–Trinajstić information content (AvgIpc) is 3.50. The molecular formula is C20H22N4O3. The molecule has 0 saturated heterocycles. The lowest BCUT2D eigenvalue weighted by Gasteiger charge is -2.22. The summed E-state index contributed by atoms with van der Waals surface area (Å²) in [6, 6.07) is 11.2. The van der Waals surface area contributed by atoms with Crippen molar-refractivity contribution in [2.24, 2.45) is 5.92 Å². The lowest BCUT2D eigenvalue weighted by atomic mass is 9.98. The molecule has 140 valence electrons. The van der Waals surface area contributed by atoms with Crippen molar-refractivity contribution < 1.29 is 14.3 Å². The molecule has 1 amide bonds. The number of esters is 1. The number of hydrogen-bond donors (Lipinski definition) is 1. The van der Waals surface area contributed by atoms with E-state index in [0.29, 0.717) is 5.56 Å². The van der Waals surface area contributed by atoms with Crippen LogP contribution in [-0.4, -0.2) is 38.1 Å². The Morgan fingerprint density at radius 3 is 2.41 bits per heavy atom. The molecule has 0 spiro atoms. The van der Waals surface area contributed by atoms with E-state index >= 15 is 0 Å². The largest absolute Gasteiger partial charge is 0.451 e. The van der Waals surface area contributed by atoms with Crippen LogP contribution in [0.3, 0.4) is 0 Å². The van der Waals surface area contributed by atoms with Crippen LogP contribution < -0.4 is 10.2 Å². The van der Waals surface area contributed by atoms with Gasteiger partial charge in [0.15, 0.2) is 6.61 Å². The molecule has 0 aliphatic heterocycles. The second-order valence-electron chi connectivity index (χ2n) is 6.87. The maximum absolute atomic E-state index is 12.1. The molecule has 0 bridgehead atoms. The maximum atomic E-state index is 12.1. The van der Waals surface area contributed by atoms with Gasteiger partial charge in [-0.1, -0.05) is 12.1 Å². The summed E-state index contributed by atoms with van der Waals surface area (Å²) in [5.41, 5.74) is 0.502. The molecule has 1 N–H and O–H groups in total. The highest BCUT2D eigenvalue weighted by Gasteiger charge is 2.43. The van der Waals surface area contributed by atoms with Gasteiger partial charge in [-0.15, -0.1) is 0 Å². The van der Waals surface area contributed by atoms with E-state index < -0.39 is 24.0 Å². The zero-order valence-electron chi connectivity index (χ0n) is 15.7. The van der Waals surface area contributed by atoms with Crippen molar-refractivity contribution in [1.82, 2.24) is 5.32 Å². The third-order valence-corrected chi connectivity index (χ3v) is 4.42. The van der Waals surface area contributed by atoms with Gasteiger partial charge in [-0.25, -0.2) is 4.79 Å². The third kappa shape index (κ3) is 5.32. The summed E-state index contributed by atoms with van der Waals surface area (Å²) < 4.78 is 4.92. The highest BCUT2D eigenvalue weighted by atomic mass is 16.5. The van der Waals surface area contributed by atoms with Gasteiger partial charge < -0.3 is 15.0 Å². The molecule has 0 radical (unpaired) electrons. The molecule has 1 saturated carbocycles. The Morgan fingerprint density at radius 1 is 1.30 bits per heavy atom. The Morgan fingerprint density at radius 2 is 1.93 bits per heavy atom. The van der Waals surface area contributed by atoms with Gasteiger partial charge in [-0.2, -0.15) is 10.5 Å². The second-order valence-corrected chi connectivity index (χ2v) is 6.87. The fourth-order valence-electron chi connectivity index (χ4n) is 2.59. The zero-order valence-corrected chi connectivity index (χ0v) is 15.7. The standard InChI is InChI=1S/C20H22N4O3/c1-20(13-22,16-6-7-16)23-18(25)12-27-19(26)15(11-21)10-14-4-8-17(9-5-14)24(2)3/h4-5,8-10,16H,6-7,12H2,1-3H3,(H,23,25)/b15-10+/t20-/m0/s1. The van der Waals surface area contributed by atoms with Crippen molar-refractivity contribution in [2.45, 2.75) is 25.3 Å². The Balaban J connectivity index is 1.95. The minimum atomic E-state index is -0.953. The van der Waals surface area contributed by atoms with E-state index in [1.807, 2.05) is 31.1 Å². The SMILES string of the molecule is CN(C)c1ccc(/C=C(\C#N)C(=O)OCC(=O)N[C@@](C)(C#N)C2CC2)cc1. The molecule has 0 aromatic heterocycles. The van der Waals surface area contributed by atoms with Crippen LogP contribution in [0.25, 0.3) is 6.08 Å². The van der Waals surface area contributed by atoms with Crippen LogP contribution in [0.1, 0.15) is 25.3 Å². The van der Waals surface area contributed by atoms with Crippen molar-refractivity contribution in [3.8, 4) is 12.1 Å². The summed E-state index contributed by atoms with van der Waals surface area (Å²) in [6.45, 7) is 1.11. The Bertz CT molecular complexity index is 826. The summed E-state index contributed by atoms with van der Waals surface area (Å²) in [5, 5.41) is 21.0. The molecule has 1 atom stereocenters. The van der Waals surface area contributed by atoms with Gasteiger partial charge in [0.05, 0.1) is 6.07 Å². The van der Waals surface area contributed by atoms with Gasteiger partial charge >= 0.3 is 5.97 Å². The predicted molar refractivity (Wildman–Crippen MR) is 100 cm³/mol. The quantitative estimate of drug-likeness (QED) is 0.449. The van der Waals surface area contributed by atoms with Gasteiger partial charge in [0.2, 0.25) is 0 Å². The van der Waals surface area contributed by atoms with Crippen molar-refractivity contribution >= 4 is 23.6 Å². The normalized spacial score (nSPS) is 15.7. The molecule has 1 aromatic rings. The lowest BCUT2D eigenvalue weighted by Crippen LogP contribution is -2.48. The fourth-order valence-corrected chi connectivity index (χ4v) is 2.59. The number of nitrogens with one attached hydrogen (secondary N) is 1. The molecule has 27 heavy (non-hydrogen) atoms. The van der Waals surface area contributed by atoms with Crippen molar-refractivity contribution in [2.75, 3.05) is 25.6 Å². The number of carbonyl (C=O) groups excluding carboxylic acids is 2. The Hall–Kier alpha value is -3.32. The van der Waals surface area contributed by atoms with Crippen LogP contribution in [0, 0.1) is 28.6 Å². The topological polar surface area (TPSA) is 106 Å². The molecular weight excluding hydrogens is 344 g/mol. The first-order chi connectivity index (χ1) is 12.8. The number of ether oxygens (including phenoxy) is 1. The number of nitrogens with zero attached hydrogens (tertiary/aromatic N) is 3. The number of hydrogen-bond acceptors (Lipinski definition) is 6. The van der Waals surface area contributed by atoms with Crippen molar-refractivity contribution in [3.63, 3.8) is 0 Å². The molecule has 1 fully saturated rings. The van der Waals surface area contributed by atoms with E-state index in [-0.39, 0.29) is 11.5 Å². The van der Waals surface area contributed by atoms with Gasteiger partial charge in [-0.05, 0) is 49.5 Å². The van der Waals surface area contributed by atoms with E-state index in [4.69, 9.17) is 4.74 Å². The summed E-state index contributed by atoms with van der Waals surface area (Å²) >= 11 is 0. The number of carbonyl (C=O) groups is 2. The zero-order chi connectivity index (χ0) is 20.0. The van der Waals surface area contributed by atoms with Crippen LogP contribution in [0.15, 0.2) is 29.8 Å². The summed E-state index contributed by atoms with van der Waals surface area (Å²) in [4.78, 5) is 26.0. The van der Waals surface area contributed by atoms with Gasteiger partial charge in [0.1, 0.15) is 17.2 Å². The van der Waals surface area contributed by atoms with E-state index in [9.17, 15) is 20.1 Å². The summed E-state index contributed by atoms with van der Waals surface area (Å²) in [7, 11) is 3.82. The smallest absolute Gasteiger partial charge is 0.349 e. The average molecular weight is 366 g/mol. The molecule has 1 aromatic carbocycles. The van der Waals surface area contributed by atoms with E-state index in [1.165, 1.54) is 6.08 Å². The maximum Gasteiger partial charge on any atom is 0.349 e. The number of amides is 1. The van der Waals surface area contributed by atoms with E-state index in [2.05, 4.69) is 11.4 Å². The molecule has 7 nitrogen and oxygen atoms in total. The van der Waals surface area contributed by atoms with Gasteiger partial charge in [0, 0.05) is 19.8 Å². The lowest BCUT2D eigenvalue weighted by molar-refractivity contribution is -0.144. The number of nitriles is 2. The molecule has 0 heterocycles. The van der Waals surface area contributed by atoms with Crippen LogP contribution in [-0.2, 0) is 14.3 Å². The molecule has 0 unspecified atom stereocenters. The van der Waals surface area contributed by atoms with Gasteiger partial charge in [-0.3, -0.25) is 4.79 Å². The Labute approximate surface area is 158 Å². The minimum absolute atomic E-state index is 0.127. The van der Waals surface area contributed by atoms with Crippen LogP contribution in [0.4, 0.5) is 5.69 Å². The second kappa shape index (κ2) is 8.37. The van der Waals surface area contributed by atoms with E-state index in [0.717, 1.165) is 18.5 Å². The minimum Gasteiger partial charge on any atom is -0.451 e.